The molecule has 126 valence electrons. The monoisotopic (exact) mass is 504 g/mol. The number of halogens is 2. The summed E-state index contributed by atoms with van der Waals surface area (Å²) in [6.07, 6.45) is 1.48. The Bertz CT molecular complexity index is 796. The second kappa shape index (κ2) is 8.34. The van der Waals surface area contributed by atoms with Crippen molar-refractivity contribution in [2.24, 2.45) is 5.10 Å². The molecule has 0 saturated heterocycles. The van der Waals surface area contributed by atoms with Gasteiger partial charge in [0, 0.05) is 4.47 Å². The predicted molar refractivity (Wildman–Crippen MR) is 103 cm³/mol. The van der Waals surface area contributed by atoms with Crippen molar-refractivity contribution < 1.29 is 19.4 Å². The van der Waals surface area contributed by atoms with Crippen molar-refractivity contribution in [2.75, 3.05) is 14.2 Å². The number of amides is 1. The Kier molecular flexibility index (Phi) is 6.44. The Morgan fingerprint density at radius 1 is 1.29 bits per heavy atom. The lowest BCUT2D eigenvalue weighted by atomic mass is 10.2. The summed E-state index contributed by atoms with van der Waals surface area (Å²) in [4.78, 5) is 12.0. The molecule has 6 nitrogen and oxygen atoms in total. The molecule has 0 radical (unpaired) electrons. The van der Waals surface area contributed by atoms with Gasteiger partial charge >= 0.3 is 0 Å². The third kappa shape index (κ3) is 4.38. The third-order valence-corrected chi connectivity index (χ3v) is 4.33. The van der Waals surface area contributed by atoms with Gasteiger partial charge in [-0.25, -0.2) is 5.43 Å². The topological polar surface area (TPSA) is 80.2 Å². The van der Waals surface area contributed by atoms with Gasteiger partial charge in [0.15, 0.2) is 11.5 Å². The first-order valence-corrected chi connectivity index (χ1v) is 8.57. The van der Waals surface area contributed by atoms with Crippen molar-refractivity contribution in [2.45, 2.75) is 0 Å². The fraction of sp³-hybridized carbons (Fsp3) is 0.125. The lowest BCUT2D eigenvalue weighted by Crippen LogP contribution is -2.17. The van der Waals surface area contributed by atoms with E-state index in [1.807, 2.05) is 6.07 Å². The van der Waals surface area contributed by atoms with Crippen molar-refractivity contribution in [3.05, 3.63) is 49.5 Å². The number of nitrogens with one attached hydrogen (secondary N) is 1. The van der Waals surface area contributed by atoms with Crippen LogP contribution in [0.2, 0.25) is 0 Å². The van der Waals surface area contributed by atoms with E-state index in [0.29, 0.717) is 16.0 Å². The largest absolute Gasteiger partial charge is 0.507 e. The molecule has 1 amide bonds. The zero-order valence-electron chi connectivity index (χ0n) is 12.8. The number of aromatic hydroxyl groups is 1. The molecule has 24 heavy (non-hydrogen) atoms. The van der Waals surface area contributed by atoms with Crippen LogP contribution in [0.15, 0.2) is 39.9 Å². The van der Waals surface area contributed by atoms with Crippen LogP contribution in [0.25, 0.3) is 0 Å². The second-order valence-electron chi connectivity index (χ2n) is 4.60. The number of rotatable bonds is 5. The number of hydrazone groups is 1. The summed E-state index contributed by atoms with van der Waals surface area (Å²) in [5.41, 5.74) is 3.24. The minimum atomic E-state index is -0.514. The van der Waals surface area contributed by atoms with E-state index in [2.05, 4.69) is 49.0 Å². The lowest BCUT2D eigenvalue weighted by Gasteiger charge is -2.10. The van der Waals surface area contributed by atoms with E-state index in [0.717, 1.165) is 9.13 Å². The molecule has 2 N–H and O–H groups in total. The van der Waals surface area contributed by atoms with Crippen LogP contribution in [-0.2, 0) is 0 Å². The van der Waals surface area contributed by atoms with Gasteiger partial charge in [-0.3, -0.25) is 4.79 Å². The van der Waals surface area contributed by atoms with Crippen LogP contribution < -0.4 is 14.9 Å². The smallest absolute Gasteiger partial charge is 0.275 e. The van der Waals surface area contributed by atoms with Gasteiger partial charge < -0.3 is 14.6 Å². The molecule has 0 aliphatic rings. The number of methoxy groups -OCH3 is 2. The first-order valence-electron chi connectivity index (χ1n) is 6.69. The number of benzene rings is 2. The van der Waals surface area contributed by atoms with E-state index in [9.17, 15) is 9.90 Å². The van der Waals surface area contributed by atoms with Gasteiger partial charge in [-0.2, -0.15) is 5.10 Å². The summed E-state index contributed by atoms with van der Waals surface area (Å²) in [7, 11) is 3.12. The van der Waals surface area contributed by atoms with Crippen LogP contribution in [-0.4, -0.2) is 31.4 Å². The highest BCUT2D eigenvalue weighted by Crippen LogP contribution is 2.33. The number of ether oxygens (including phenoxy) is 2. The molecule has 0 heterocycles. The van der Waals surface area contributed by atoms with E-state index in [-0.39, 0.29) is 11.3 Å². The fourth-order valence-corrected chi connectivity index (χ4v) is 3.13. The molecule has 2 aromatic carbocycles. The van der Waals surface area contributed by atoms with Crippen molar-refractivity contribution in [3.63, 3.8) is 0 Å². The minimum Gasteiger partial charge on any atom is -0.507 e. The molecule has 8 heteroatoms. The summed E-state index contributed by atoms with van der Waals surface area (Å²) in [6, 6.07) is 8.17. The highest BCUT2D eigenvalue weighted by molar-refractivity contribution is 14.1. The van der Waals surface area contributed by atoms with Crippen LogP contribution in [0.5, 0.6) is 17.2 Å². The van der Waals surface area contributed by atoms with Crippen molar-refractivity contribution in [1.29, 1.82) is 0 Å². The Hall–Kier alpha value is -1.81. The van der Waals surface area contributed by atoms with E-state index >= 15 is 0 Å². The SMILES string of the molecule is COc1cc(/C=N/NC(=O)c2cc(Br)ccc2O)cc(I)c1OC. The highest BCUT2D eigenvalue weighted by atomic mass is 127. The zero-order valence-corrected chi connectivity index (χ0v) is 16.6. The van der Waals surface area contributed by atoms with E-state index < -0.39 is 5.91 Å². The molecule has 0 aromatic heterocycles. The molecule has 0 aliphatic carbocycles. The van der Waals surface area contributed by atoms with Crippen molar-refractivity contribution in [3.8, 4) is 17.2 Å². The lowest BCUT2D eigenvalue weighted by molar-refractivity contribution is 0.0952. The maximum Gasteiger partial charge on any atom is 0.275 e. The number of hydrogen-bond acceptors (Lipinski definition) is 5. The predicted octanol–water partition coefficient (Wildman–Crippen LogP) is 3.54. The Morgan fingerprint density at radius 3 is 2.71 bits per heavy atom. The van der Waals surface area contributed by atoms with Crippen LogP contribution in [0, 0.1) is 3.57 Å². The highest BCUT2D eigenvalue weighted by Gasteiger charge is 2.11. The van der Waals surface area contributed by atoms with Crippen molar-refractivity contribution in [1.82, 2.24) is 5.43 Å². The number of carbonyl (C=O) groups excluding carboxylic acids is 1. The summed E-state index contributed by atoms with van der Waals surface area (Å²) >= 11 is 5.38. The van der Waals surface area contributed by atoms with Crippen LogP contribution in [0.4, 0.5) is 0 Å². The van der Waals surface area contributed by atoms with Crippen molar-refractivity contribution >= 4 is 50.6 Å². The molecular weight excluding hydrogens is 491 g/mol. The number of phenolic OH excluding ortho intramolecular Hbond substituents is 1. The number of hydrogen-bond donors (Lipinski definition) is 2. The Balaban J connectivity index is 2.15. The third-order valence-electron chi connectivity index (χ3n) is 3.04. The molecule has 0 bridgehead atoms. The Labute approximate surface area is 161 Å². The Morgan fingerprint density at radius 2 is 2.04 bits per heavy atom. The summed E-state index contributed by atoms with van der Waals surface area (Å²) in [5.74, 6) is 0.576. The molecule has 0 atom stereocenters. The molecule has 2 aromatic rings. The van der Waals surface area contributed by atoms with Gasteiger partial charge in [0.1, 0.15) is 5.75 Å². The maximum absolute atomic E-state index is 12.0. The van der Waals surface area contributed by atoms with Gasteiger partial charge in [-0.15, -0.1) is 0 Å². The van der Waals surface area contributed by atoms with E-state index in [1.165, 1.54) is 18.3 Å². The minimum absolute atomic E-state index is 0.119. The first-order chi connectivity index (χ1) is 11.5. The molecule has 2 rings (SSSR count). The van der Waals surface area contributed by atoms with Crippen LogP contribution in [0.3, 0.4) is 0 Å². The van der Waals surface area contributed by atoms with Crippen LogP contribution >= 0.6 is 38.5 Å². The van der Waals surface area contributed by atoms with Gasteiger partial charge in [0.2, 0.25) is 0 Å². The molecule has 0 spiro atoms. The van der Waals surface area contributed by atoms with E-state index in [4.69, 9.17) is 9.47 Å². The molecule has 0 unspecified atom stereocenters. The van der Waals surface area contributed by atoms with Gasteiger partial charge in [-0.05, 0) is 58.5 Å². The van der Waals surface area contributed by atoms with Gasteiger partial charge in [0.25, 0.3) is 5.91 Å². The van der Waals surface area contributed by atoms with Crippen LogP contribution in [0.1, 0.15) is 15.9 Å². The number of nitrogens with zero attached hydrogens (tertiary/aromatic N) is 1. The maximum atomic E-state index is 12.0. The number of phenols is 1. The average Bonchev–Trinajstić information content (AvgIpc) is 2.56. The quantitative estimate of drug-likeness (QED) is 0.371. The molecule has 0 saturated carbocycles. The molecular formula is C16H14BrIN2O4. The van der Waals surface area contributed by atoms with Gasteiger partial charge in [0.05, 0.1) is 29.6 Å². The second-order valence-corrected chi connectivity index (χ2v) is 6.68. The average molecular weight is 505 g/mol. The summed E-state index contributed by atoms with van der Waals surface area (Å²) < 4.78 is 12.1. The zero-order chi connectivity index (χ0) is 17.7. The molecule has 0 aliphatic heterocycles. The normalized spacial score (nSPS) is 10.7. The first kappa shape index (κ1) is 18.5. The fourth-order valence-electron chi connectivity index (χ4n) is 1.93. The number of carbonyl (C=O) groups is 1. The van der Waals surface area contributed by atoms with Gasteiger partial charge in [-0.1, -0.05) is 15.9 Å². The van der Waals surface area contributed by atoms with E-state index in [1.54, 1.807) is 26.4 Å². The molecule has 0 fully saturated rings. The summed E-state index contributed by atoms with van der Waals surface area (Å²) in [6.45, 7) is 0. The standard InChI is InChI=1S/C16H14BrIN2O4/c1-23-14-6-9(5-12(18)15(14)24-2)8-19-20-16(22)11-7-10(17)3-4-13(11)21/h3-8,21H,1-2H3,(H,20,22)/b19-8+. The summed E-state index contributed by atoms with van der Waals surface area (Å²) in [5, 5.41) is 13.6.